The standard InChI is InChI=1S/C24H21N3O4S/c1-14-8-9-19(10-15(14)2)27(16(3)28)24-25-18(13-32-24)12-21-23(29)31-22(26-21)17-6-5-7-20(11-17)30-4/h5-13H,1-4H3/b21-12+. The van der Waals surface area contributed by atoms with Crippen molar-refractivity contribution in [1.29, 1.82) is 0 Å². The number of esters is 1. The van der Waals surface area contributed by atoms with Crippen molar-refractivity contribution in [3.05, 3.63) is 75.9 Å². The molecule has 2 aromatic carbocycles. The first kappa shape index (κ1) is 21.5. The quantitative estimate of drug-likeness (QED) is 0.415. The molecule has 0 aliphatic carbocycles. The van der Waals surface area contributed by atoms with Crippen molar-refractivity contribution >= 4 is 46.0 Å². The van der Waals surface area contributed by atoms with Gasteiger partial charge in [0, 0.05) is 17.9 Å². The van der Waals surface area contributed by atoms with Crippen LogP contribution in [0.1, 0.15) is 29.3 Å². The lowest BCUT2D eigenvalue weighted by Gasteiger charge is -2.19. The van der Waals surface area contributed by atoms with Crippen LogP contribution in [0, 0.1) is 13.8 Å². The highest BCUT2D eigenvalue weighted by Gasteiger charge is 2.25. The number of hydrogen-bond acceptors (Lipinski definition) is 7. The van der Waals surface area contributed by atoms with Crippen LogP contribution < -0.4 is 9.64 Å². The molecule has 162 valence electrons. The molecule has 1 aromatic heterocycles. The molecule has 32 heavy (non-hydrogen) atoms. The van der Waals surface area contributed by atoms with Crippen molar-refractivity contribution in [2.75, 3.05) is 12.0 Å². The molecule has 0 saturated heterocycles. The molecule has 0 unspecified atom stereocenters. The first-order valence-corrected chi connectivity index (χ1v) is 10.7. The lowest BCUT2D eigenvalue weighted by Crippen LogP contribution is -2.22. The minimum atomic E-state index is -0.560. The van der Waals surface area contributed by atoms with E-state index in [2.05, 4.69) is 9.98 Å². The van der Waals surface area contributed by atoms with Crippen molar-refractivity contribution in [3.8, 4) is 5.75 Å². The smallest absolute Gasteiger partial charge is 0.363 e. The summed E-state index contributed by atoms with van der Waals surface area (Å²) in [7, 11) is 1.56. The van der Waals surface area contributed by atoms with Crippen molar-refractivity contribution in [2.24, 2.45) is 4.99 Å². The molecule has 0 fully saturated rings. The van der Waals surface area contributed by atoms with Gasteiger partial charge in [0.1, 0.15) is 5.75 Å². The summed E-state index contributed by atoms with van der Waals surface area (Å²) in [4.78, 5) is 35.1. The Bertz CT molecular complexity index is 1280. The van der Waals surface area contributed by atoms with E-state index in [9.17, 15) is 9.59 Å². The molecule has 1 aliphatic rings. The number of methoxy groups -OCH3 is 1. The van der Waals surface area contributed by atoms with Gasteiger partial charge >= 0.3 is 5.97 Å². The van der Waals surface area contributed by atoms with Gasteiger partial charge in [0.05, 0.1) is 18.5 Å². The predicted molar refractivity (Wildman–Crippen MR) is 124 cm³/mol. The Labute approximate surface area is 189 Å². The monoisotopic (exact) mass is 447 g/mol. The third-order valence-electron chi connectivity index (χ3n) is 4.99. The van der Waals surface area contributed by atoms with Gasteiger partial charge in [-0.05, 0) is 61.4 Å². The van der Waals surface area contributed by atoms with Gasteiger partial charge in [-0.15, -0.1) is 11.3 Å². The number of carbonyl (C=O) groups is 2. The number of cyclic esters (lactones) is 1. The molecule has 1 amide bonds. The van der Waals surface area contributed by atoms with Crippen molar-refractivity contribution in [2.45, 2.75) is 20.8 Å². The van der Waals surface area contributed by atoms with Crippen LogP contribution in [0.4, 0.5) is 10.8 Å². The summed E-state index contributed by atoms with van der Waals surface area (Å²) >= 11 is 1.31. The minimum Gasteiger partial charge on any atom is -0.497 e. The number of anilines is 2. The number of rotatable bonds is 5. The van der Waals surface area contributed by atoms with E-state index in [4.69, 9.17) is 9.47 Å². The number of amides is 1. The Morgan fingerprint density at radius 3 is 2.69 bits per heavy atom. The maximum absolute atomic E-state index is 12.4. The van der Waals surface area contributed by atoms with Gasteiger partial charge < -0.3 is 9.47 Å². The minimum absolute atomic E-state index is 0.139. The molecule has 2 heterocycles. The van der Waals surface area contributed by atoms with E-state index in [1.807, 2.05) is 32.0 Å². The molecular weight excluding hydrogens is 426 g/mol. The molecule has 0 spiro atoms. The van der Waals surface area contributed by atoms with E-state index < -0.39 is 5.97 Å². The maximum Gasteiger partial charge on any atom is 0.363 e. The van der Waals surface area contributed by atoms with E-state index >= 15 is 0 Å². The fourth-order valence-corrected chi connectivity index (χ4v) is 4.01. The summed E-state index contributed by atoms with van der Waals surface area (Å²) in [5.74, 6) is 0.130. The number of hydrogen-bond donors (Lipinski definition) is 0. The van der Waals surface area contributed by atoms with Crippen LogP contribution in [0.2, 0.25) is 0 Å². The SMILES string of the molecule is COc1cccc(C2=N/C(=C/c3csc(N(C(C)=O)c4ccc(C)c(C)c4)n3)C(=O)O2)c1. The molecule has 0 bridgehead atoms. The third kappa shape index (κ3) is 4.31. The Balaban J connectivity index is 1.63. The van der Waals surface area contributed by atoms with Crippen LogP contribution in [0.5, 0.6) is 5.75 Å². The van der Waals surface area contributed by atoms with Crippen LogP contribution in [0.25, 0.3) is 6.08 Å². The third-order valence-corrected chi connectivity index (χ3v) is 5.83. The van der Waals surface area contributed by atoms with Crippen LogP contribution >= 0.6 is 11.3 Å². The molecule has 1 aliphatic heterocycles. The van der Waals surface area contributed by atoms with Crippen LogP contribution in [-0.4, -0.2) is 29.9 Å². The zero-order valence-electron chi connectivity index (χ0n) is 18.1. The zero-order chi connectivity index (χ0) is 22.8. The van der Waals surface area contributed by atoms with Gasteiger partial charge in [0.25, 0.3) is 0 Å². The summed E-state index contributed by atoms with van der Waals surface area (Å²) in [6, 6.07) is 12.9. The normalized spacial score (nSPS) is 14.3. The summed E-state index contributed by atoms with van der Waals surface area (Å²) in [6.07, 6.45) is 1.55. The summed E-state index contributed by atoms with van der Waals surface area (Å²) < 4.78 is 10.5. The van der Waals surface area contributed by atoms with E-state index in [0.717, 1.165) is 16.8 Å². The number of aryl methyl sites for hydroxylation is 2. The second-order valence-electron chi connectivity index (χ2n) is 7.25. The Morgan fingerprint density at radius 2 is 1.97 bits per heavy atom. The topological polar surface area (TPSA) is 81.1 Å². The first-order valence-electron chi connectivity index (χ1n) is 9.86. The van der Waals surface area contributed by atoms with Gasteiger partial charge in [0.2, 0.25) is 11.8 Å². The summed E-state index contributed by atoms with van der Waals surface area (Å²) in [5, 5.41) is 2.28. The van der Waals surface area contributed by atoms with Gasteiger partial charge in [-0.3, -0.25) is 9.69 Å². The fourth-order valence-electron chi connectivity index (χ4n) is 3.17. The van der Waals surface area contributed by atoms with Crippen molar-refractivity contribution < 1.29 is 19.1 Å². The van der Waals surface area contributed by atoms with Gasteiger partial charge in [-0.25, -0.2) is 14.8 Å². The molecular formula is C24H21N3O4S. The number of nitrogens with zero attached hydrogens (tertiary/aromatic N) is 3. The summed E-state index contributed by atoms with van der Waals surface area (Å²) in [5.41, 5.74) is 4.26. The van der Waals surface area contributed by atoms with Crippen molar-refractivity contribution in [1.82, 2.24) is 4.98 Å². The molecule has 3 aromatic rings. The lowest BCUT2D eigenvalue weighted by atomic mass is 10.1. The lowest BCUT2D eigenvalue weighted by molar-refractivity contribution is -0.130. The van der Waals surface area contributed by atoms with Gasteiger partial charge in [-0.2, -0.15) is 0 Å². The Hall–Kier alpha value is -3.78. The van der Waals surface area contributed by atoms with E-state index in [1.54, 1.807) is 47.7 Å². The molecule has 0 N–H and O–H groups in total. The second kappa shape index (κ2) is 8.76. The van der Waals surface area contributed by atoms with Crippen molar-refractivity contribution in [3.63, 3.8) is 0 Å². The number of benzene rings is 2. The molecule has 8 heteroatoms. The van der Waals surface area contributed by atoms with Crippen LogP contribution in [0.3, 0.4) is 0 Å². The maximum atomic E-state index is 12.4. The highest BCUT2D eigenvalue weighted by molar-refractivity contribution is 7.14. The number of thiazole rings is 1. The first-order chi connectivity index (χ1) is 15.4. The number of ether oxygens (including phenoxy) is 2. The highest BCUT2D eigenvalue weighted by Crippen LogP contribution is 2.31. The average molecular weight is 448 g/mol. The Morgan fingerprint density at radius 1 is 1.16 bits per heavy atom. The van der Waals surface area contributed by atoms with E-state index in [0.29, 0.717) is 22.1 Å². The largest absolute Gasteiger partial charge is 0.497 e. The highest BCUT2D eigenvalue weighted by atomic mass is 32.1. The molecule has 4 rings (SSSR count). The molecule has 7 nitrogen and oxygen atoms in total. The molecule has 0 saturated carbocycles. The number of aliphatic imine (C=N–C) groups is 1. The van der Waals surface area contributed by atoms with Gasteiger partial charge in [0.15, 0.2) is 10.8 Å². The van der Waals surface area contributed by atoms with E-state index in [1.165, 1.54) is 18.3 Å². The predicted octanol–water partition coefficient (Wildman–Crippen LogP) is 4.80. The summed E-state index contributed by atoms with van der Waals surface area (Å²) in [6.45, 7) is 5.51. The van der Waals surface area contributed by atoms with Crippen LogP contribution in [0.15, 0.2) is 58.5 Å². The average Bonchev–Trinajstić information content (AvgIpc) is 3.37. The zero-order valence-corrected chi connectivity index (χ0v) is 18.9. The molecule has 0 atom stereocenters. The molecule has 0 radical (unpaired) electrons. The fraction of sp³-hybridized carbons (Fsp3) is 0.167. The Kier molecular flexibility index (Phi) is 5.87. The second-order valence-corrected chi connectivity index (χ2v) is 8.08. The van der Waals surface area contributed by atoms with Gasteiger partial charge in [-0.1, -0.05) is 12.1 Å². The van der Waals surface area contributed by atoms with E-state index in [-0.39, 0.29) is 17.5 Å². The number of carbonyl (C=O) groups excluding carboxylic acids is 2. The van der Waals surface area contributed by atoms with Crippen LogP contribution in [-0.2, 0) is 14.3 Å². The number of aromatic nitrogens is 1.